The van der Waals surface area contributed by atoms with Crippen molar-refractivity contribution >= 4 is 0 Å². The van der Waals surface area contributed by atoms with Gasteiger partial charge in [-0.05, 0) is 24.8 Å². The van der Waals surface area contributed by atoms with Crippen molar-refractivity contribution in [2.45, 2.75) is 110 Å². The van der Waals surface area contributed by atoms with Gasteiger partial charge in [-0.1, -0.05) is 95.5 Å². The highest BCUT2D eigenvalue weighted by Crippen LogP contribution is 2.25. The summed E-state index contributed by atoms with van der Waals surface area (Å²) in [6.07, 6.45) is 13.9. The molecule has 4 nitrogen and oxygen atoms in total. The molecule has 0 saturated carbocycles. The highest BCUT2D eigenvalue weighted by molar-refractivity contribution is 5.14. The molecule has 1 heterocycles. The molecule has 0 aliphatic carbocycles. The van der Waals surface area contributed by atoms with Crippen LogP contribution in [0, 0.1) is 0 Å². The average Bonchev–Trinajstić information content (AvgIpc) is 2.70. The molecule has 1 aliphatic heterocycles. The van der Waals surface area contributed by atoms with Gasteiger partial charge in [-0.2, -0.15) is 0 Å². The fourth-order valence-corrected chi connectivity index (χ4v) is 3.44. The molecule has 0 bridgehead atoms. The van der Waals surface area contributed by atoms with Gasteiger partial charge in [-0.15, -0.1) is 5.06 Å². The van der Waals surface area contributed by atoms with Crippen LogP contribution >= 0.6 is 0 Å². The Morgan fingerprint density at radius 1 is 0.741 bits per heavy atom. The largest absolute Gasteiger partial charge is 0.261 e. The van der Waals surface area contributed by atoms with E-state index in [1.54, 1.807) is 0 Å². The van der Waals surface area contributed by atoms with Crippen LogP contribution in [-0.2, 0) is 21.2 Å². The van der Waals surface area contributed by atoms with Crippen molar-refractivity contribution in [3.63, 3.8) is 0 Å². The molecule has 1 aromatic carbocycles. The molecular weight excluding hydrogens is 338 g/mol. The summed E-state index contributed by atoms with van der Waals surface area (Å²) in [4.78, 5) is 17.5. The Balaban J connectivity index is 1.80. The molecule has 0 N–H and O–H groups in total. The third kappa shape index (κ3) is 9.20. The van der Waals surface area contributed by atoms with Gasteiger partial charge < -0.3 is 0 Å². The van der Waals surface area contributed by atoms with E-state index in [1.807, 2.05) is 11.1 Å². The van der Waals surface area contributed by atoms with E-state index in [1.165, 1.54) is 56.9 Å². The minimum Gasteiger partial charge on any atom is -0.261 e. The molecule has 154 valence electrons. The topological polar surface area (TPSA) is 30.9 Å². The molecule has 1 fully saturated rings. The van der Waals surface area contributed by atoms with Gasteiger partial charge in [0.1, 0.15) is 0 Å². The van der Waals surface area contributed by atoms with Crippen LogP contribution in [0.1, 0.15) is 96.5 Å². The zero-order valence-electron chi connectivity index (χ0n) is 17.4. The minimum atomic E-state index is -0.285. The van der Waals surface area contributed by atoms with Crippen LogP contribution in [0.25, 0.3) is 0 Å². The standard InChI is InChI=1S/C23H39NO3/c1-3-5-7-9-14-18-22-24(20-21-16-12-11-13-17-21)25-23(27-26-22)19-15-10-8-6-4-2/h11-13,16-17,22-23H,3-10,14-15,18-20H2,1-2H3. The molecular formula is C23H39NO3. The van der Waals surface area contributed by atoms with E-state index in [-0.39, 0.29) is 12.5 Å². The fraction of sp³-hybridized carbons (Fsp3) is 0.739. The van der Waals surface area contributed by atoms with Crippen molar-refractivity contribution in [3.05, 3.63) is 35.9 Å². The maximum atomic E-state index is 6.17. The van der Waals surface area contributed by atoms with E-state index >= 15 is 0 Å². The van der Waals surface area contributed by atoms with Gasteiger partial charge in [0.2, 0.25) is 6.29 Å². The van der Waals surface area contributed by atoms with Crippen molar-refractivity contribution in [1.82, 2.24) is 5.06 Å². The van der Waals surface area contributed by atoms with Gasteiger partial charge in [0, 0.05) is 6.42 Å². The predicted molar refractivity (Wildman–Crippen MR) is 110 cm³/mol. The molecule has 2 atom stereocenters. The van der Waals surface area contributed by atoms with Gasteiger partial charge in [-0.3, -0.25) is 4.84 Å². The number of unbranched alkanes of at least 4 members (excludes halogenated alkanes) is 8. The van der Waals surface area contributed by atoms with Crippen molar-refractivity contribution in [2.75, 3.05) is 0 Å². The van der Waals surface area contributed by atoms with E-state index in [0.29, 0.717) is 0 Å². The van der Waals surface area contributed by atoms with Crippen LogP contribution in [0.5, 0.6) is 0 Å². The Labute approximate surface area is 166 Å². The Kier molecular flexibility index (Phi) is 11.7. The second-order valence-electron chi connectivity index (χ2n) is 7.65. The fourth-order valence-electron chi connectivity index (χ4n) is 3.44. The van der Waals surface area contributed by atoms with E-state index in [0.717, 1.165) is 32.2 Å². The quantitative estimate of drug-likeness (QED) is 0.265. The van der Waals surface area contributed by atoms with E-state index in [4.69, 9.17) is 14.6 Å². The minimum absolute atomic E-state index is 0.122. The van der Waals surface area contributed by atoms with Crippen LogP contribution in [0.4, 0.5) is 0 Å². The van der Waals surface area contributed by atoms with Gasteiger partial charge in [0.25, 0.3) is 0 Å². The second-order valence-corrected chi connectivity index (χ2v) is 7.65. The lowest BCUT2D eigenvalue weighted by Crippen LogP contribution is -2.46. The van der Waals surface area contributed by atoms with Crippen molar-refractivity contribution < 1.29 is 14.6 Å². The van der Waals surface area contributed by atoms with Crippen LogP contribution < -0.4 is 0 Å². The molecule has 2 unspecified atom stereocenters. The first-order valence-corrected chi connectivity index (χ1v) is 11.1. The van der Waals surface area contributed by atoms with Crippen LogP contribution in [0.3, 0.4) is 0 Å². The molecule has 2 rings (SSSR count). The van der Waals surface area contributed by atoms with Gasteiger partial charge >= 0.3 is 0 Å². The molecule has 0 radical (unpaired) electrons. The summed E-state index contributed by atoms with van der Waals surface area (Å²) in [5.74, 6) is 0. The van der Waals surface area contributed by atoms with Gasteiger partial charge in [-0.25, -0.2) is 9.78 Å². The van der Waals surface area contributed by atoms with Crippen molar-refractivity contribution in [3.8, 4) is 0 Å². The second kappa shape index (κ2) is 14.1. The normalized spacial score (nSPS) is 20.8. The average molecular weight is 378 g/mol. The van der Waals surface area contributed by atoms with Crippen molar-refractivity contribution in [2.24, 2.45) is 0 Å². The monoisotopic (exact) mass is 377 g/mol. The first kappa shape index (κ1) is 22.4. The lowest BCUT2D eigenvalue weighted by atomic mass is 10.1. The van der Waals surface area contributed by atoms with E-state index < -0.39 is 0 Å². The molecule has 1 aliphatic rings. The maximum absolute atomic E-state index is 6.17. The molecule has 0 amide bonds. The molecule has 0 spiro atoms. The third-order valence-electron chi connectivity index (χ3n) is 5.13. The summed E-state index contributed by atoms with van der Waals surface area (Å²) in [6, 6.07) is 10.5. The highest BCUT2D eigenvalue weighted by atomic mass is 17.3. The summed E-state index contributed by atoms with van der Waals surface area (Å²) in [6.45, 7) is 5.22. The first-order chi connectivity index (χ1) is 13.3. The summed E-state index contributed by atoms with van der Waals surface area (Å²) in [5.41, 5.74) is 1.24. The molecule has 27 heavy (non-hydrogen) atoms. The Morgan fingerprint density at radius 2 is 1.37 bits per heavy atom. The number of benzene rings is 1. The van der Waals surface area contributed by atoms with Crippen molar-refractivity contribution in [1.29, 1.82) is 0 Å². The summed E-state index contributed by atoms with van der Waals surface area (Å²) >= 11 is 0. The third-order valence-corrected chi connectivity index (χ3v) is 5.13. The van der Waals surface area contributed by atoms with Crippen LogP contribution in [-0.4, -0.2) is 17.6 Å². The Bertz CT molecular complexity index is 468. The first-order valence-electron chi connectivity index (χ1n) is 11.1. The molecule has 0 aromatic heterocycles. The zero-order valence-corrected chi connectivity index (χ0v) is 17.4. The predicted octanol–water partition coefficient (Wildman–Crippen LogP) is 6.76. The van der Waals surface area contributed by atoms with E-state index in [9.17, 15) is 0 Å². The van der Waals surface area contributed by atoms with Crippen LogP contribution in [0.15, 0.2) is 30.3 Å². The number of nitrogens with zero attached hydrogens (tertiary/aromatic N) is 1. The zero-order chi connectivity index (χ0) is 19.2. The lowest BCUT2D eigenvalue weighted by molar-refractivity contribution is -0.529. The summed E-state index contributed by atoms with van der Waals surface area (Å²) in [5, 5.41) is 2.00. The lowest BCUT2D eigenvalue weighted by Gasteiger charge is -2.37. The number of hydrogen-bond donors (Lipinski definition) is 0. The molecule has 1 aromatic rings. The molecule has 1 saturated heterocycles. The van der Waals surface area contributed by atoms with Gasteiger partial charge in [0.15, 0.2) is 6.23 Å². The van der Waals surface area contributed by atoms with E-state index in [2.05, 4.69) is 38.1 Å². The Hall–Kier alpha value is -0.940. The van der Waals surface area contributed by atoms with Crippen LogP contribution in [0.2, 0.25) is 0 Å². The number of hydrogen-bond acceptors (Lipinski definition) is 4. The molecule has 4 heteroatoms. The highest BCUT2D eigenvalue weighted by Gasteiger charge is 2.31. The smallest absolute Gasteiger partial charge is 0.211 e. The maximum Gasteiger partial charge on any atom is 0.211 e. The number of hydroxylamine groups is 2. The SMILES string of the molecule is CCCCCCCC1OOC(CCCCCCC)N(Cc2ccccc2)O1. The number of rotatable bonds is 14. The van der Waals surface area contributed by atoms with Gasteiger partial charge in [0.05, 0.1) is 6.54 Å². The summed E-state index contributed by atoms with van der Waals surface area (Å²) in [7, 11) is 0. The Morgan fingerprint density at radius 3 is 2.04 bits per heavy atom. The summed E-state index contributed by atoms with van der Waals surface area (Å²) < 4.78 is 0.